The Hall–Kier alpha value is -4.81. The van der Waals surface area contributed by atoms with Crippen molar-refractivity contribution in [2.24, 2.45) is 0 Å². The van der Waals surface area contributed by atoms with E-state index in [9.17, 15) is 48.8 Å². The summed E-state index contributed by atoms with van der Waals surface area (Å²) >= 11 is 0. The fourth-order valence-electron chi connectivity index (χ4n) is 4.38. The number of allylic oxidation sites excluding steroid dienone is 1. The van der Waals surface area contributed by atoms with Gasteiger partial charge in [0.2, 0.25) is 5.70 Å². The normalized spacial score (nSPS) is 16.4. The first-order valence-corrected chi connectivity index (χ1v) is 15.0. The molecule has 1 aliphatic heterocycles. The standard InChI is InChI=1S/C25H17F5N6O5S2/c1-14-21(32-2)22(19-8-7-15(11-31)9-20(19)42(3,38)39)36(43(40,41)18-12-33-34(13-18)23(26)27)24(37)35(14)17-6-4-5-16(10-17)25(28,29)30/h4-10,12-13,22-23H,1,3H3/t22-/m1/s1. The molecule has 0 aliphatic carbocycles. The number of halogens is 5. The Labute approximate surface area is 241 Å². The summed E-state index contributed by atoms with van der Waals surface area (Å²) in [7, 11) is -9.55. The molecule has 43 heavy (non-hydrogen) atoms. The number of amides is 2. The van der Waals surface area contributed by atoms with E-state index in [0.29, 0.717) is 29.4 Å². The first-order chi connectivity index (χ1) is 19.9. The predicted octanol–water partition coefficient (Wildman–Crippen LogP) is 5.10. The van der Waals surface area contributed by atoms with Crippen molar-refractivity contribution in [1.82, 2.24) is 14.1 Å². The number of urea groups is 1. The molecule has 0 saturated heterocycles. The molecule has 0 N–H and O–H groups in total. The van der Waals surface area contributed by atoms with Gasteiger partial charge in [0.05, 0.1) is 41.1 Å². The number of hydrogen-bond donors (Lipinski definition) is 0. The molecular formula is C25H17F5N6O5S2. The number of anilines is 1. The number of sulfone groups is 1. The molecule has 0 unspecified atom stereocenters. The third-order valence-corrected chi connectivity index (χ3v) is 9.15. The van der Waals surface area contributed by atoms with E-state index in [2.05, 4.69) is 9.94 Å². The summed E-state index contributed by atoms with van der Waals surface area (Å²) in [6.07, 6.45) is -3.27. The van der Waals surface area contributed by atoms with Gasteiger partial charge >= 0.3 is 18.8 Å². The van der Waals surface area contributed by atoms with E-state index in [1.165, 1.54) is 0 Å². The summed E-state index contributed by atoms with van der Waals surface area (Å²) < 4.78 is 120. The van der Waals surface area contributed by atoms with Crippen LogP contribution in [-0.2, 0) is 26.0 Å². The van der Waals surface area contributed by atoms with Crippen LogP contribution < -0.4 is 4.90 Å². The molecule has 2 aromatic carbocycles. The number of alkyl halides is 5. The van der Waals surface area contributed by atoms with E-state index in [-0.39, 0.29) is 20.2 Å². The minimum atomic E-state index is -5.28. The van der Waals surface area contributed by atoms with Crippen LogP contribution in [0, 0.1) is 17.9 Å². The minimum absolute atomic E-state index is 0.0243. The Kier molecular flexibility index (Phi) is 7.81. The van der Waals surface area contributed by atoms with Crippen molar-refractivity contribution in [3.8, 4) is 6.07 Å². The summed E-state index contributed by atoms with van der Waals surface area (Å²) in [6, 6.07) is 4.33. The number of rotatable bonds is 6. The topological polar surface area (TPSA) is 138 Å². The quantitative estimate of drug-likeness (QED) is 0.270. The molecule has 1 atom stereocenters. The monoisotopic (exact) mass is 640 g/mol. The molecule has 0 fully saturated rings. The number of carbonyl (C=O) groups excluding carboxylic acids is 1. The Balaban J connectivity index is 2.10. The average molecular weight is 641 g/mol. The number of carbonyl (C=O) groups is 1. The predicted molar refractivity (Wildman–Crippen MR) is 138 cm³/mol. The van der Waals surface area contributed by atoms with E-state index in [1.54, 1.807) is 6.07 Å². The molecule has 0 bridgehead atoms. The van der Waals surface area contributed by atoms with Gasteiger partial charge in [-0.15, -0.1) is 0 Å². The van der Waals surface area contributed by atoms with Gasteiger partial charge in [-0.3, -0.25) is 4.90 Å². The number of aromatic nitrogens is 2. The maximum Gasteiger partial charge on any atom is 0.416 e. The van der Waals surface area contributed by atoms with Gasteiger partial charge in [0, 0.05) is 17.6 Å². The Morgan fingerprint density at radius 3 is 2.33 bits per heavy atom. The van der Waals surface area contributed by atoms with Crippen molar-refractivity contribution in [3.05, 3.63) is 94.4 Å². The lowest BCUT2D eigenvalue weighted by Gasteiger charge is -2.41. The average Bonchev–Trinajstić information content (AvgIpc) is 3.43. The smallest absolute Gasteiger partial charge is 0.277 e. The first-order valence-electron chi connectivity index (χ1n) is 11.6. The van der Waals surface area contributed by atoms with Crippen LogP contribution in [0.1, 0.15) is 36.2 Å². The summed E-state index contributed by atoms with van der Waals surface area (Å²) in [4.78, 5) is 16.3. The zero-order valence-corrected chi connectivity index (χ0v) is 23.4. The van der Waals surface area contributed by atoms with Crippen LogP contribution in [0.15, 0.2) is 76.0 Å². The van der Waals surface area contributed by atoms with Crippen LogP contribution in [0.2, 0.25) is 0 Å². The summed E-state index contributed by atoms with van der Waals surface area (Å²) in [5, 5.41) is 12.6. The van der Waals surface area contributed by atoms with Crippen molar-refractivity contribution < 1.29 is 43.6 Å². The fraction of sp³-hybridized carbons (Fsp3) is 0.200. The Morgan fingerprint density at radius 1 is 1.12 bits per heavy atom. The Bertz CT molecular complexity index is 1980. The number of sulfonamides is 1. The highest BCUT2D eigenvalue weighted by Gasteiger charge is 2.49. The fourth-order valence-corrected chi connectivity index (χ4v) is 6.76. The lowest BCUT2D eigenvalue weighted by molar-refractivity contribution is -0.137. The lowest BCUT2D eigenvalue weighted by Crippen LogP contribution is -2.52. The maximum atomic E-state index is 14.1. The van der Waals surface area contributed by atoms with Gasteiger partial charge in [-0.25, -0.2) is 35.5 Å². The van der Waals surface area contributed by atoms with Gasteiger partial charge in [-0.1, -0.05) is 12.1 Å². The Morgan fingerprint density at radius 2 is 1.79 bits per heavy atom. The van der Waals surface area contributed by atoms with E-state index in [0.717, 1.165) is 43.5 Å². The molecule has 1 aromatic heterocycles. The van der Waals surface area contributed by atoms with Crippen molar-refractivity contribution >= 4 is 31.6 Å². The van der Waals surface area contributed by atoms with Crippen LogP contribution in [0.5, 0.6) is 0 Å². The van der Waals surface area contributed by atoms with Crippen LogP contribution >= 0.6 is 0 Å². The van der Waals surface area contributed by atoms with E-state index >= 15 is 0 Å². The first kappa shape index (κ1) is 31.1. The molecule has 0 saturated carbocycles. The largest absolute Gasteiger partial charge is 0.416 e. The number of benzene rings is 2. The van der Waals surface area contributed by atoms with Gasteiger partial charge in [0.15, 0.2) is 9.84 Å². The highest BCUT2D eigenvalue weighted by molar-refractivity contribution is 7.91. The highest BCUT2D eigenvalue weighted by atomic mass is 32.2. The van der Waals surface area contributed by atoms with Crippen LogP contribution in [0.25, 0.3) is 4.85 Å². The van der Waals surface area contributed by atoms with Crippen LogP contribution in [0.3, 0.4) is 0 Å². The third kappa shape index (κ3) is 5.54. The molecule has 4 rings (SSSR count). The van der Waals surface area contributed by atoms with E-state index in [4.69, 9.17) is 6.57 Å². The van der Waals surface area contributed by atoms with Crippen molar-refractivity contribution in [3.63, 3.8) is 0 Å². The molecule has 2 amide bonds. The molecule has 3 aromatic rings. The van der Waals surface area contributed by atoms with Crippen molar-refractivity contribution in [2.45, 2.75) is 35.5 Å². The van der Waals surface area contributed by atoms with Gasteiger partial charge in [0.1, 0.15) is 10.9 Å². The van der Waals surface area contributed by atoms with E-state index < -0.39 is 77.0 Å². The molecule has 11 nitrogen and oxygen atoms in total. The number of nitriles is 1. The SMILES string of the molecule is [C-]#[N+]C1=C(C)N(c2cccc(C(F)(F)F)c2)C(=O)N(S(=O)(=O)c2cnn(C(F)F)c2)[C@@H]1c1ccc(C#N)cc1S(C)(=O)=O. The van der Waals surface area contributed by atoms with Gasteiger partial charge in [-0.05, 0) is 42.8 Å². The summed E-state index contributed by atoms with van der Waals surface area (Å²) in [5.74, 6) is 0. The molecule has 224 valence electrons. The minimum Gasteiger partial charge on any atom is -0.277 e. The maximum absolute atomic E-state index is 14.1. The second-order valence-electron chi connectivity index (χ2n) is 9.02. The molecular weight excluding hydrogens is 623 g/mol. The molecule has 1 aliphatic rings. The molecule has 18 heteroatoms. The summed E-state index contributed by atoms with van der Waals surface area (Å²) in [6.45, 7) is 5.69. The zero-order valence-electron chi connectivity index (χ0n) is 21.8. The van der Waals surface area contributed by atoms with Crippen LogP contribution in [-0.4, -0.2) is 43.2 Å². The second kappa shape index (κ2) is 10.8. The van der Waals surface area contributed by atoms with Crippen LogP contribution in [0.4, 0.5) is 32.4 Å². The lowest BCUT2D eigenvalue weighted by atomic mass is 9.98. The molecule has 2 heterocycles. The van der Waals surface area contributed by atoms with Crippen molar-refractivity contribution in [1.29, 1.82) is 5.26 Å². The summed E-state index contributed by atoms with van der Waals surface area (Å²) in [5.41, 5.74) is -3.28. The number of nitrogens with zero attached hydrogens (tertiary/aromatic N) is 6. The third-order valence-electron chi connectivity index (χ3n) is 6.30. The van der Waals surface area contributed by atoms with Gasteiger partial charge < -0.3 is 0 Å². The second-order valence-corrected chi connectivity index (χ2v) is 12.8. The van der Waals surface area contributed by atoms with Gasteiger partial charge in [0.25, 0.3) is 10.0 Å². The van der Waals surface area contributed by atoms with Crippen molar-refractivity contribution in [2.75, 3.05) is 11.2 Å². The molecule has 0 radical (unpaired) electrons. The number of hydrogen-bond acceptors (Lipinski definition) is 7. The molecule has 0 spiro atoms. The highest BCUT2D eigenvalue weighted by Crippen LogP contribution is 2.45. The van der Waals surface area contributed by atoms with Gasteiger partial charge in [-0.2, -0.15) is 32.3 Å². The zero-order chi connectivity index (χ0) is 32.1. The van der Waals surface area contributed by atoms with E-state index in [1.807, 2.05) is 0 Å².